The smallest absolute Gasteiger partial charge is 0.204 e. The highest BCUT2D eigenvalue weighted by Gasteiger charge is 2.22. The largest absolute Gasteiger partial charge is 0.351 e. The van der Waals surface area contributed by atoms with Crippen LogP contribution in [0.5, 0.6) is 0 Å². The van der Waals surface area contributed by atoms with Crippen LogP contribution in [0, 0.1) is 0 Å². The van der Waals surface area contributed by atoms with Gasteiger partial charge in [-0.1, -0.05) is 41.9 Å². The number of fused-ring (bicyclic) bond motifs is 3. The number of benzene rings is 2. The molecular formula is C20H19ClN6. The maximum atomic E-state index is 6.29. The molecule has 1 aliphatic heterocycles. The van der Waals surface area contributed by atoms with Gasteiger partial charge in [-0.2, -0.15) is 0 Å². The first kappa shape index (κ1) is 16.5. The van der Waals surface area contributed by atoms with E-state index in [1.54, 1.807) is 0 Å². The first-order valence-electron chi connectivity index (χ1n) is 9.04. The molecule has 7 heteroatoms. The van der Waals surface area contributed by atoms with Gasteiger partial charge < -0.3 is 9.80 Å². The normalized spacial score (nSPS) is 15.7. The third-order valence-electron chi connectivity index (χ3n) is 5.10. The van der Waals surface area contributed by atoms with E-state index in [9.17, 15) is 0 Å². The third-order valence-corrected chi connectivity index (χ3v) is 5.34. The summed E-state index contributed by atoms with van der Waals surface area (Å²) in [5, 5.41) is 9.70. The maximum absolute atomic E-state index is 6.29. The molecule has 0 atom stereocenters. The Kier molecular flexibility index (Phi) is 3.95. The Bertz CT molecular complexity index is 1120. The summed E-state index contributed by atoms with van der Waals surface area (Å²) in [6.45, 7) is 3.86. The fourth-order valence-electron chi connectivity index (χ4n) is 3.60. The number of hydrogen-bond donors (Lipinski definition) is 0. The first-order valence-corrected chi connectivity index (χ1v) is 9.42. The summed E-state index contributed by atoms with van der Waals surface area (Å²) in [6, 6.07) is 15.9. The maximum Gasteiger partial charge on any atom is 0.204 e. The van der Waals surface area contributed by atoms with Crippen LogP contribution in [-0.2, 0) is 0 Å². The molecule has 0 radical (unpaired) electrons. The van der Waals surface area contributed by atoms with Gasteiger partial charge in [-0.25, -0.2) is 4.98 Å². The number of piperazine rings is 1. The summed E-state index contributed by atoms with van der Waals surface area (Å²) < 4.78 is 2.08. The van der Waals surface area contributed by atoms with Crippen LogP contribution >= 0.6 is 11.6 Å². The molecule has 2 aromatic heterocycles. The molecule has 1 fully saturated rings. The average molecular weight is 379 g/mol. The second-order valence-corrected chi connectivity index (χ2v) is 7.34. The van der Waals surface area contributed by atoms with Crippen molar-refractivity contribution < 1.29 is 0 Å². The molecule has 5 rings (SSSR count). The van der Waals surface area contributed by atoms with E-state index in [1.165, 1.54) is 0 Å². The van der Waals surface area contributed by atoms with Crippen molar-refractivity contribution in [3.8, 4) is 11.4 Å². The van der Waals surface area contributed by atoms with Crippen molar-refractivity contribution >= 4 is 34.1 Å². The fourth-order valence-corrected chi connectivity index (χ4v) is 3.76. The minimum atomic E-state index is 0.672. The minimum absolute atomic E-state index is 0.672. The molecular weight excluding hydrogens is 360 g/mol. The van der Waals surface area contributed by atoms with Crippen molar-refractivity contribution in [2.45, 2.75) is 0 Å². The van der Waals surface area contributed by atoms with Gasteiger partial charge in [-0.3, -0.25) is 4.40 Å². The van der Waals surface area contributed by atoms with Gasteiger partial charge in [0.15, 0.2) is 11.6 Å². The molecule has 0 amide bonds. The number of hydrogen-bond acceptors (Lipinski definition) is 5. The Morgan fingerprint density at radius 3 is 2.48 bits per heavy atom. The summed E-state index contributed by atoms with van der Waals surface area (Å²) in [6.07, 6.45) is 0. The zero-order valence-electron chi connectivity index (χ0n) is 15.0. The molecule has 0 aliphatic carbocycles. The lowest BCUT2D eigenvalue weighted by atomic mass is 10.2. The van der Waals surface area contributed by atoms with Crippen LogP contribution in [0.4, 0.5) is 5.82 Å². The minimum Gasteiger partial charge on any atom is -0.351 e. The number of aromatic nitrogens is 4. The SMILES string of the molecule is CN1CCN(c2nc3ccc(Cl)cc3n3c(-c4ccccc4)nnc23)CC1. The number of halogens is 1. The lowest BCUT2D eigenvalue weighted by molar-refractivity contribution is 0.312. The van der Waals surface area contributed by atoms with Gasteiger partial charge in [0.05, 0.1) is 11.0 Å². The summed E-state index contributed by atoms with van der Waals surface area (Å²) >= 11 is 6.29. The van der Waals surface area contributed by atoms with Gasteiger partial charge in [0.1, 0.15) is 0 Å². The predicted octanol–water partition coefficient (Wildman–Crippen LogP) is 3.35. The number of likely N-dealkylation sites (N-methyl/N-ethyl adjacent to an activating group) is 1. The van der Waals surface area contributed by atoms with Crippen LogP contribution in [0.25, 0.3) is 28.1 Å². The summed E-state index contributed by atoms with van der Waals surface area (Å²) in [5.74, 6) is 1.68. The van der Waals surface area contributed by atoms with Crippen LogP contribution in [0.1, 0.15) is 0 Å². The summed E-state index contributed by atoms with van der Waals surface area (Å²) in [4.78, 5) is 9.55. The van der Waals surface area contributed by atoms with E-state index in [0.717, 1.165) is 60.1 Å². The Morgan fingerprint density at radius 2 is 1.70 bits per heavy atom. The molecule has 0 saturated carbocycles. The second kappa shape index (κ2) is 6.48. The Hall–Kier alpha value is -2.70. The van der Waals surface area contributed by atoms with E-state index in [2.05, 4.69) is 31.4 Å². The van der Waals surface area contributed by atoms with Crippen LogP contribution in [0.15, 0.2) is 48.5 Å². The van der Waals surface area contributed by atoms with Crippen molar-refractivity contribution in [1.29, 1.82) is 0 Å². The van der Waals surface area contributed by atoms with Crippen LogP contribution in [-0.4, -0.2) is 57.7 Å². The molecule has 0 N–H and O–H groups in total. The van der Waals surface area contributed by atoms with Crippen molar-refractivity contribution in [3.63, 3.8) is 0 Å². The molecule has 2 aromatic carbocycles. The zero-order valence-corrected chi connectivity index (χ0v) is 15.8. The van der Waals surface area contributed by atoms with Crippen molar-refractivity contribution in [2.75, 3.05) is 38.1 Å². The second-order valence-electron chi connectivity index (χ2n) is 6.91. The van der Waals surface area contributed by atoms with E-state index < -0.39 is 0 Å². The molecule has 0 bridgehead atoms. The topological polar surface area (TPSA) is 49.6 Å². The molecule has 136 valence electrons. The Morgan fingerprint density at radius 1 is 0.926 bits per heavy atom. The Balaban J connectivity index is 1.79. The van der Waals surface area contributed by atoms with Crippen molar-refractivity contribution in [1.82, 2.24) is 24.5 Å². The molecule has 1 aliphatic rings. The van der Waals surface area contributed by atoms with Gasteiger partial charge >= 0.3 is 0 Å². The molecule has 0 unspecified atom stereocenters. The summed E-state index contributed by atoms with van der Waals surface area (Å²) in [7, 11) is 2.15. The Labute approximate surface area is 162 Å². The van der Waals surface area contributed by atoms with Crippen LogP contribution in [0.3, 0.4) is 0 Å². The summed E-state index contributed by atoms with van der Waals surface area (Å²) in [5.41, 5.74) is 3.59. The zero-order chi connectivity index (χ0) is 18.4. The fraction of sp³-hybridized carbons (Fsp3) is 0.250. The van der Waals surface area contributed by atoms with Gasteiger partial charge in [0.25, 0.3) is 0 Å². The van der Waals surface area contributed by atoms with E-state index in [0.29, 0.717) is 5.02 Å². The average Bonchev–Trinajstić information content (AvgIpc) is 3.14. The molecule has 0 spiro atoms. The van der Waals surface area contributed by atoms with Gasteiger partial charge in [0, 0.05) is 36.8 Å². The van der Waals surface area contributed by atoms with Crippen molar-refractivity contribution in [3.05, 3.63) is 53.6 Å². The van der Waals surface area contributed by atoms with Gasteiger partial charge in [-0.15, -0.1) is 10.2 Å². The highest BCUT2D eigenvalue weighted by molar-refractivity contribution is 6.31. The van der Waals surface area contributed by atoms with Crippen LogP contribution in [0.2, 0.25) is 5.02 Å². The highest BCUT2D eigenvalue weighted by Crippen LogP contribution is 2.30. The quantitative estimate of drug-likeness (QED) is 0.535. The predicted molar refractivity (Wildman–Crippen MR) is 108 cm³/mol. The van der Waals surface area contributed by atoms with E-state index in [-0.39, 0.29) is 0 Å². The monoisotopic (exact) mass is 378 g/mol. The first-order chi connectivity index (χ1) is 13.2. The molecule has 3 heterocycles. The molecule has 27 heavy (non-hydrogen) atoms. The standard InChI is InChI=1S/C20H19ClN6/c1-25-9-11-26(12-10-25)19-20-24-23-18(14-5-3-2-4-6-14)27(20)17-13-15(21)7-8-16(17)22-19/h2-8,13H,9-12H2,1H3. The number of nitrogens with zero attached hydrogens (tertiary/aromatic N) is 6. The number of anilines is 1. The van der Waals surface area contributed by atoms with E-state index in [4.69, 9.17) is 16.6 Å². The van der Waals surface area contributed by atoms with E-state index >= 15 is 0 Å². The molecule has 6 nitrogen and oxygen atoms in total. The highest BCUT2D eigenvalue weighted by atomic mass is 35.5. The molecule has 4 aromatic rings. The van der Waals surface area contributed by atoms with E-state index in [1.807, 2.05) is 48.5 Å². The lowest BCUT2D eigenvalue weighted by Crippen LogP contribution is -2.45. The van der Waals surface area contributed by atoms with Crippen molar-refractivity contribution in [2.24, 2.45) is 0 Å². The van der Waals surface area contributed by atoms with Crippen LogP contribution < -0.4 is 4.90 Å². The van der Waals surface area contributed by atoms with Gasteiger partial charge in [0.2, 0.25) is 5.65 Å². The van der Waals surface area contributed by atoms with Gasteiger partial charge in [-0.05, 0) is 25.2 Å². The molecule has 1 saturated heterocycles. The number of rotatable bonds is 2. The lowest BCUT2D eigenvalue weighted by Gasteiger charge is -2.33. The third kappa shape index (κ3) is 2.81.